The van der Waals surface area contributed by atoms with Crippen molar-refractivity contribution in [2.45, 2.75) is 13.8 Å². The Bertz CT molecular complexity index is 110. The van der Waals surface area contributed by atoms with Gasteiger partial charge in [-0.1, -0.05) is 6.92 Å². The summed E-state index contributed by atoms with van der Waals surface area (Å²) in [6.07, 6.45) is 1.06. The van der Waals surface area contributed by atoms with Gasteiger partial charge in [-0.3, -0.25) is 4.79 Å². The first-order valence-electron chi connectivity index (χ1n) is 1.99. The normalized spacial score (nSPS) is 8.00. The van der Waals surface area contributed by atoms with Crippen LogP contribution < -0.4 is 14.5 Å². The van der Waals surface area contributed by atoms with E-state index in [1.165, 1.54) is 13.8 Å². The zero-order chi connectivity index (χ0) is 5.86. The Morgan fingerprint density at radius 1 is 1.30 bits per heavy atom. The largest absolute Gasteiger partial charge is 3.00 e. The van der Waals surface area contributed by atoms with Gasteiger partial charge in [0.1, 0.15) is 0 Å². The van der Waals surface area contributed by atoms with E-state index in [0.717, 1.165) is 6.08 Å². The van der Waals surface area contributed by atoms with Crippen molar-refractivity contribution in [3.8, 4) is 0 Å². The summed E-state index contributed by atoms with van der Waals surface area (Å²) in [6.45, 7) is 2.70. The molecule has 56 valence electrons. The van der Waals surface area contributed by atoms with Crippen molar-refractivity contribution in [3.05, 3.63) is 11.8 Å². The van der Waals surface area contributed by atoms with Crippen LogP contribution in [0.15, 0.2) is 11.8 Å². The van der Waals surface area contributed by atoms with E-state index >= 15 is 0 Å². The number of ketones is 1. The molecule has 10 heavy (non-hydrogen) atoms. The molecule has 0 aliphatic rings. The van der Waals surface area contributed by atoms with Crippen LogP contribution in [-0.2, 0) is 4.79 Å². The summed E-state index contributed by atoms with van der Waals surface area (Å²) in [6, 6.07) is 0. The van der Waals surface area contributed by atoms with E-state index in [4.69, 9.17) is 0 Å². The molecule has 0 unspecified atom stereocenters. The molecule has 0 aromatic carbocycles. The minimum absolute atomic E-state index is 0. The van der Waals surface area contributed by atoms with Crippen LogP contribution in [0, 0.1) is 0 Å². The number of allylic oxidation sites excluding steroid dienone is 2. The van der Waals surface area contributed by atoms with Gasteiger partial charge in [0, 0.05) is 0 Å². The molecule has 0 bridgehead atoms. The molecule has 0 spiro atoms. The average molecular weight is 164 g/mol. The van der Waals surface area contributed by atoms with Crippen LogP contribution in [0.5, 0.6) is 0 Å². The molecule has 0 saturated carbocycles. The summed E-state index contributed by atoms with van der Waals surface area (Å²) >= 11 is 0. The second kappa shape index (κ2) is 11.4. The average Bonchev–Trinajstić information content (AvgIpc) is 1.27. The number of carbonyl (C=O) groups is 1. The van der Waals surface area contributed by atoms with Crippen LogP contribution in [0.4, 0.5) is 0 Å². The van der Waals surface area contributed by atoms with E-state index in [0.29, 0.717) is 0 Å². The Hall–Kier alpha value is -0.398. The monoisotopic (exact) mass is 164 g/mol. The van der Waals surface area contributed by atoms with Crippen molar-refractivity contribution < 1.29 is 19.3 Å². The number of hydrogen-bond acceptors (Lipinski definition) is 2. The fourth-order valence-electron chi connectivity index (χ4n) is 0.286. The smallest absolute Gasteiger partial charge is 1.00 e. The molecule has 0 aliphatic heterocycles. The van der Waals surface area contributed by atoms with Gasteiger partial charge in [-0.25, -0.2) is 0 Å². The first kappa shape index (κ1) is 22.6. The van der Waals surface area contributed by atoms with Crippen molar-refractivity contribution in [1.82, 2.24) is 0 Å². The van der Waals surface area contributed by atoms with E-state index in [2.05, 4.69) is 0 Å². The fourth-order valence-corrected chi connectivity index (χ4v) is 0.286. The van der Waals surface area contributed by atoms with Crippen LogP contribution in [0.1, 0.15) is 13.8 Å². The molecule has 0 saturated heterocycles. The van der Waals surface area contributed by atoms with Crippen LogP contribution in [-0.4, -0.2) is 23.1 Å². The maximum absolute atomic E-state index is 9.98. The van der Waals surface area contributed by atoms with Crippen molar-refractivity contribution in [1.29, 1.82) is 0 Å². The Balaban J connectivity index is -0.0000000600. The molecule has 0 amide bonds. The Labute approximate surface area is 68.8 Å². The maximum atomic E-state index is 9.98. The Morgan fingerprint density at radius 3 is 1.60 bits per heavy atom. The molecule has 0 aromatic heterocycles. The van der Waals surface area contributed by atoms with Gasteiger partial charge in [-0.15, -0.1) is 5.76 Å². The van der Waals surface area contributed by atoms with Gasteiger partial charge in [0.05, 0.1) is 0 Å². The van der Waals surface area contributed by atoms with Crippen LogP contribution in [0.2, 0.25) is 0 Å². The van der Waals surface area contributed by atoms with Crippen molar-refractivity contribution in [2.24, 2.45) is 0 Å². The zero-order valence-electron chi connectivity index (χ0n) is 5.73. The van der Waals surface area contributed by atoms with Crippen LogP contribution >= 0.6 is 0 Å². The predicted octanol–water partition coefficient (Wildman–Crippen LogP) is -6.53. The van der Waals surface area contributed by atoms with Crippen molar-refractivity contribution in [2.75, 3.05) is 0 Å². The summed E-state index contributed by atoms with van der Waals surface area (Å²) in [7, 11) is 0. The van der Waals surface area contributed by atoms with Crippen LogP contribution in [0.3, 0.4) is 0 Å². The molecule has 0 aromatic rings. The second-order valence-corrected chi connectivity index (χ2v) is 1.37. The van der Waals surface area contributed by atoms with Gasteiger partial charge < -0.3 is 14.5 Å². The minimum Gasteiger partial charge on any atom is -1.00 e. The van der Waals surface area contributed by atoms with Gasteiger partial charge in [-0.05, 0) is 13.0 Å². The first-order chi connectivity index (χ1) is 3.13. The summed E-state index contributed by atoms with van der Waals surface area (Å²) < 4.78 is 0. The van der Waals surface area contributed by atoms with E-state index < -0.39 is 0 Å². The van der Waals surface area contributed by atoms with Crippen molar-refractivity contribution >= 4 is 23.1 Å². The second-order valence-electron chi connectivity index (χ2n) is 1.37. The summed E-state index contributed by atoms with van der Waals surface area (Å²) in [5, 5.41) is 9.98. The van der Waals surface area contributed by atoms with Crippen LogP contribution in [0.25, 0.3) is 0 Å². The maximum Gasteiger partial charge on any atom is 3.00 e. The summed E-state index contributed by atoms with van der Waals surface area (Å²) in [5.74, 6) is -0.375. The molecule has 0 fully saturated rings. The molecule has 0 radical (unpaired) electrons. The fraction of sp³-hybridized carbons (Fsp3) is 0.400. The molecule has 0 aliphatic carbocycles. The molecular weight excluding hydrogens is 157 g/mol. The molecule has 2 nitrogen and oxygen atoms in total. The predicted molar refractivity (Wildman–Crippen MR) is 30.2 cm³/mol. The number of hydrogen-bond donors (Lipinski definition) is 0. The third-order valence-corrected chi connectivity index (χ3v) is 0.407. The quantitative estimate of drug-likeness (QED) is 0.219. The number of rotatable bonds is 1. The third-order valence-electron chi connectivity index (χ3n) is 0.407. The topological polar surface area (TPSA) is 40.1 Å². The summed E-state index contributed by atoms with van der Waals surface area (Å²) in [5.41, 5.74) is 0. The van der Waals surface area contributed by atoms with E-state index in [1.807, 2.05) is 0 Å². The summed E-state index contributed by atoms with van der Waals surface area (Å²) in [4.78, 5) is 9.98. The van der Waals surface area contributed by atoms with Gasteiger partial charge in [0.25, 0.3) is 0 Å². The zero-order valence-corrected chi connectivity index (χ0v) is 6.88. The molecule has 5 heteroatoms. The first-order valence-corrected chi connectivity index (χ1v) is 1.99. The molecule has 0 heterocycles. The SMILES string of the molecule is CC(=O)/C=C(/C)[O-].[Al+3].[F-].[F-]. The van der Waals surface area contributed by atoms with Crippen molar-refractivity contribution in [3.63, 3.8) is 0 Å². The standard InChI is InChI=1S/C5H8O2.Al.2FH/c1-4(6)3-5(2)7;;;/h3,6H,1-2H3;;2*1H/q;+3;;/p-3/b4-3-;;;. The molecule has 0 N–H and O–H groups in total. The third kappa shape index (κ3) is 25.5. The Kier molecular flexibility index (Phi) is 25.8. The van der Waals surface area contributed by atoms with Gasteiger partial charge in [0.15, 0.2) is 5.78 Å². The molecule has 0 rings (SSSR count). The Morgan fingerprint density at radius 2 is 1.60 bits per heavy atom. The molecule has 0 atom stereocenters. The van der Waals surface area contributed by atoms with E-state index in [1.54, 1.807) is 0 Å². The van der Waals surface area contributed by atoms with Gasteiger partial charge in [0.2, 0.25) is 0 Å². The van der Waals surface area contributed by atoms with E-state index in [-0.39, 0.29) is 38.3 Å². The van der Waals surface area contributed by atoms with Gasteiger partial charge in [-0.2, -0.15) is 0 Å². The minimum atomic E-state index is -0.187. The number of halogens is 2. The molecular formula is C5H7AlF2O2. The van der Waals surface area contributed by atoms with E-state index in [9.17, 15) is 9.90 Å². The number of carbonyl (C=O) groups excluding carboxylic acids is 1. The van der Waals surface area contributed by atoms with Gasteiger partial charge >= 0.3 is 17.4 Å².